The highest BCUT2D eigenvalue weighted by Gasteiger charge is 2.16. The molecule has 90 valence electrons. The predicted octanol–water partition coefficient (Wildman–Crippen LogP) is 1.87. The summed E-state index contributed by atoms with van der Waals surface area (Å²) in [7, 11) is 1.38. The lowest BCUT2D eigenvalue weighted by atomic mass is 10.1. The van der Waals surface area contributed by atoms with Crippen molar-refractivity contribution in [1.29, 1.82) is 5.26 Å². The number of methoxy groups -OCH3 is 1. The van der Waals surface area contributed by atoms with Crippen LogP contribution < -0.4 is 10.1 Å². The molecule has 4 nitrogen and oxygen atoms in total. The number of amides is 1. The highest BCUT2D eigenvalue weighted by Crippen LogP contribution is 2.20. The SMILES string of the molecule is COc1cccc(F)c1C(=O)NCCCC#N. The fourth-order valence-electron chi connectivity index (χ4n) is 1.35. The highest BCUT2D eigenvalue weighted by molar-refractivity contribution is 5.97. The standard InChI is InChI=1S/C12H13FN2O2/c1-17-10-6-4-5-9(13)11(10)12(16)15-8-3-2-7-14/h4-6H,2-3,8H2,1H3,(H,15,16). The molecule has 1 amide bonds. The van der Waals surface area contributed by atoms with Crippen LogP contribution in [0.2, 0.25) is 0 Å². The van der Waals surface area contributed by atoms with Crippen molar-refractivity contribution >= 4 is 5.91 Å². The van der Waals surface area contributed by atoms with E-state index in [-0.39, 0.29) is 11.3 Å². The number of hydrogen-bond donors (Lipinski definition) is 1. The summed E-state index contributed by atoms with van der Waals surface area (Å²) in [6, 6.07) is 6.16. The van der Waals surface area contributed by atoms with Gasteiger partial charge in [0.2, 0.25) is 0 Å². The Balaban J connectivity index is 2.72. The highest BCUT2D eigenvalue weighted by atomic mass is 19.1. The number of carbonyl (C=O) groups excluding carboxylic acids is 1. The summed E-state index contributed by atoms with van der Waals surface area (Å²) in [6.07, 6.45) is 0.897. The van der Waals surface area contributed by atoms with Gasteiger partial charge in [-0.2, -0.15) is 5.26 Å². The lowest BCUT2D eigenvalue weighted by Gasteiger charge is -2.09. The van der Waals surface area contributed by atoms with Crippen LogP contribution in [0.1, 0.15) is 23.2 Å². The predicted molar refractivity (Wildman–Crippen MR) is 60.1 cm³/mol. The minimum Gasteiger partial charge on any atom is -0.496 e. The van der Waals surface area contributed by atoms with E-state index in [1.165, 1.54) is 25.3 Å². The van der Waals surface area contributed by atoms with Gasteiger partial charge in [-0.3, -0.25) is 4.79 Å². The molecule has 0 saturated heterocycles. The number of carbonyl (C=O) groups is 1. The van der Waals surface area contributed by atoms with Gasteiger partial charge in [-0.05, 0) is 18.6 Å². The van der Waals surface area contributed by atoms with Gasteiger partial charge in [-0.15, -0.1) is 0 Å². The van der Waals surface area contributed by atoms with Crippen LogP contribution in [0.4, 0.5) is 4.39 Å². The van der Waals surface area contributed by atoms with Crippen LogP contribution in [0.25, 0.3) is 0 Å². The van der Waals surface area contributed by atoms with Gasteiger partial charge in [-0.25, -0.2) is 4.39 Å². The number of hydrogen-bond acceptors (Lipinski definition) is 3. The second kappa shape index (κ2) is 6.48. The molecule has 0 aliphatic rings. The van der Waals surface area contributed by atoms with E-state index in [1.54, 1.807) is 0 Å². The van der Waals surface area contributed by atoms with E-state index in [4.69, 9.17) is 10.00 Å². The summed E-state index contributed by atoms with van der Waals surface area (Å²) >= 11 is 0. The normalized spacial score (nSPS) is 9.47. The molecule has 0 bridgehead atoms. The number of nitrogens with one attached hydrogen (secondary N) is 1. The van der Waals surface area contributed by atoms with E-state index in [0.717, 1.165) is 0 Å². The summed E-state index contributed by atoms with van der Waals surface area (Å²) in [6.45, 7) is 0.337. The second-order valence-electron chi connectivity index (χ2n) is 3.33. The molecule has 0 unspecified atom stereocenters. The summed E-state index contributed by atoms with van der Waals surface area (Å²) < 4.78 is 18.4. The zero-order chi connectivity index (χ0) is 12.7. The molecule has 0 aliphatic heterocycles. The third-order valence-corrected chi connectivity index (χ3v) is 2.17. The third-order valence-electron chi connectivity index (χ3n) is 2.17. The Morgan fingerprint density at radius 3 is 3.00 bits per heavy atom. The number of nitrogens with zero attached hydrogens (tertiary/aromatic N) is 1. The molecule has 0 radical (unpaired) electrons. The van der Waals surface area contributed by atoms with Crippen molar-refractivity contribution < 1.29 is 13.9 Å². The van der Waals surface area contributed by atoms with E-state index in [0.29, 0.717) is 19.4 Å². The summed E-state index contributed by atoms with van der Waals surface area (Å²) in [5.74, 6) is -0.956. The van der Waals surface area contributed by atoms with E-state index in [9.17, 15) is 9.18 Å². The third kappa shape index (κ3) is 3.45. The van der Waals surface area contributed by atoms with Crippen LogP contribution in [0, 0.1) is 17.1 Å². The summed E-state index contributed by atoms with van der Waals surface area (Å²) in [5, 5.41) is 10.9. The van der Waals surface area contributed by atoms with E-state index < -0.39 is 11.7 Å². The zero-order valence-electron chi connectivity index (χ0n) is 9.50. The number of unbranched alkanes of at least 4 members (excludes halogenated alkanes) is 1. The van der Waals surface area contributed by atoms with Crippen LogP contribution in [0.3, 0.4) is 0 Å². The van der Waals surface area contributed by atoms with Crippen LogP contribution in [0.15, 0.2) is 18.2 Å². The fraction of sp³-hybridized carbons (Fsp3) is 0.333. The Bertz CT molecular complexity index is 441. The lowest BCUT2D eigenvalue weighted by Crippen LogP contribution is -2.25. The molecule has 17 heavy (non-hydrogen) atoms. The van der Waals surface area contributed by atoms with Crippen LogP contribution >= 0.6 is 0 Å². The molecule has 1 N–H and O–H groups in total. The first-order valence-corrected chi connectivity index (χ1v) is 5.18. The molecule has 0 spiro atoms. The van der Waals surface area contributed by atoms with Crippen LogP contribution in [-0.2, 0) is 0 Å². The van der Waals surface area contributed by atoms with E-state index in [2.05, 4.69) is 5.32 Å². The van der Waals surface area contributed by atoms with Gasteiger partial charge in [0.25, 0.3) is 5.91 Å². The smallest absolute Gasteiger partial charge is 0.258 e. The zero-order valence-corrected chi connectivity index (χ0v) is 9.50. The Labute approximate surface area is 99.0 Å². The molecule has 1 rings (SSSR count). The molecule has 0 heterocycles. The van der Waals surface area contributed by atoms with Crippen LogP contribution in [0.5, 0.6) is 5.75 Å². The van der Waals surface area contributed by atoms with Crippen molar-refractivity contribution in [3.05, 3.63) is 29.6 Å². The maximum atomic E-state index is 13.5. The van der Waals surface area contributed by atoms with Gasteiger partial charge < -0.3 is 10.1 Å². The molecule has 0 atom stereocenters. The summed E-state index contributed by atoms with van der Waals surface area (Å²) in [4.78, 5) is 11.7. The van der Waals surface area contributed by atoms with Crippen molar-refractivity contribution in [2.45, 2.75) is 12.8 Å². The molecule has 0 aliphatic carbocycles. The minimum atomic E-state index is -0.623. The topological polar surface area (TPSA) is 62.1 Å². The van der Waals surface area contributed by atoms with Gasteiger partial charge >= 0.3 is 0 Å². The van der Waals surface area contributed by atoms with E-state index in [1.807, 2.05) is 6.07 Å². The van der Waals surface area contributed by atoms with Crippen molar-refractivity contribution in [3.63, 3.8) is 0 Å². The first-order chi connectivity index (χ1) is 8.20. The average molecular weight is 236 g/mol. The van der Waals surface area contributed by atoms with Crippen molar-refractivity contribution in [2.75, 3.05) is 13.7 Å². The van der Waals surface area contributed by atoms with Crippen molar-refractivity contribution in [2.24, 2.45) is 0 Å². The molecule has 0 fully saturated rings. The van der Waals surface area contributed by atoms with Gasteiger partial charge in [0.1, 0.15) is 17.1 Å². The summed E-state index contributed by atoms with van der Waals surface area (Å²) in [5.41, 5.74) is -0.105. The Morgan fingerprint density at radius 2 is 2.35 bits per heavy atom. The van der Waals surface area contributed by atoms with Gasteiger partial charge in [0.15, 0.2) is 0 Å². The molecule has 0 aromatic heterocycles. The van der Waals surface area contributed by atoms with Crippen LogP contribution in [-0.4, -0.2) is 19.6 Å². The Morgan fingerprint density at radius 1 is 1.59 bits per heavy atom. The quantitative estimate of drug-likeness (QED) is 0.794. The molecular weight excluding hydrogens is 223 g/mol. The lowest BCUT2D eigenvalue weighted by molar-refractivity contribution is 0.0946. The number of halogens is 1. The van der Waals surface area contributed by atoms with Crippen molar-refractivity contribution in [3.8, 4) is 11.8 Å². The van der Waals surface area contributed by atoms with Gasteiger partial charge in [-0.1, -0.05) is 6.07 Å². The molecule has 5 heteroatoms. The molecule has 0 saturated carbocycles. The number of ether oxygens (including phenoxy) is 1. The maximum absolute atomic E-state index is 13.5. The molecular formula is C12H13FN2O2. The number of benzene rings is 1. The monoisotopic (exact) mass is 236 g/mol. The number of nitriles is 1. The molecule has 1 aromatic carbocycles. The Kier molecular flexibility index (Phi) is 4.95. The molecule has 1 aromatic rings. The minimum absolute atomic E-state index is 0.105. The first-order valence-electron chi connectivity index (χ1n) is 5.18. The van der Waals surface area contributed by atoms with Gasteiger partial charge in [0.05, 0.1) is 13.2 Å². The van der Waals surface area contributed by atoms with E-state index >= 15 is 0 Å². The Hall–Kier alpha value is -2.09. The first kappa shape index (κ1) is 13.0. The van der Waals surface area contributed by atoms with Crippen molar-refractivity contribution in [1.82, 2.24) is 5.32 Å². The average Bonchev–Trinajstić information content (AvgIpc) is 2.34. The number of rotatable bonds is 5. The largest absolute Gasteiger partial charge is 0.496 e. The second-order valence-corrected chi connectivity index (χ2v) is 3.33. The maximum Gasteiger partial charge on any atom is 0.258 e. The fourth-order valence-corrected chi connectivity index (χ4v) is 1.35. The van der Waals surface area contributed by atoms with Gasteiger partial charge in [0, 0.05) is 13.0 Å².